The molecule has 1 fully saturated rings. The Hall–Kier alpha value is -2.22. The number of aliphatic carboxylic acids is 1. The summed E-state index contributed by atoms with van der Waals surface area (Å²) < 4.78 is 1.67. The maximum absolute atomic E-state index is 12.8. The third-order valence-electron chi connectivity index (χ3n) is 4.70. The van der Waals surface area contributed by atoms with E-state index in [1.54, 1.807) is 23.3 Å². The minimum Gasteiger partial charge on any atom is -0.479 e. The molecule has 1 saturated carbocycles. The number of amides is 1. The van der Waals surface area contributed by atoms with Gasteiger partial charge in [-0.05, 0) is 12.8 Å². The highest BCUT2D eigenvalue weighted by molar-refractivity contribution is 7.13. The maximum atomic E-state index is 12.8. The first-order valence-corrected chi connectivity index (χ1v) is 8.78. The summed E-state index contributed by atoms with van der Waals surface area (Å²) in [5, 5.41) is 16.2. The van der Waals surface area contributed by atoms with Gasteiger partial charge in [-0.1, -0.05) is 19.3 Å². The van der Waals surface area contributed by atoms with Crippen molar-refractivity contribution in [1.29, 1.82) is 0 Å². The lowest BCUT2D eigenvalue weighted by Gasteiger charge is -2.40. The largest absolute Gasteiger partial charge is 0.479 e. The number of carboxylic acids is 1. The number of aromatic nitrogens is 3. The fourth-order valence-corrected chi connectivity index (χ4v) is 4.00. The van der Waals surface area contributed by atoms with Crippen molar-refractivity contribution in [1.82, 2.24) is 19.7 Å². The molecule has 0 bridgehead atoms. The van der Waals surface area contributed by atoms with Crippen molar-refractivity contribution in [3.05, 3.63) is 23.5 Å². The third-order valence-corrected chi connectivity index (χ3v) is 5.59. The van der Waals surface area contributed by atoms with E-state index in [9.17, 15) is 14.7 Å². The maximum Gasteiger partial charge on any atom is 0.329 e. The van der Waals surface area contributed by atoms with Crippen LogP contribution >= 0.6 is 11.3 Å². The summed E-state index contributed by atoms with van der Waals surface area (Å²) in [5.74, 6) is -1.27. The Kier molecular flexibility index (Phi) is 4.40. The van der Waals surface area contributed by atoms with Crippen LogP contribution in [0.15, 0.2) is 17.8 Å². The van der Waals surface area contributed by atoms with E-state index in [0.29, 0.717) is 17.8 Å². The number of thiazole rings is 1. The number of hydrogen-bond acceptors (Lipinski definition) is 5. The van der Waals surface area contributed by atoms with Crippen LogP contribution in [-0.4, -0.2) is 49.2 Å². The molecule has 7 nitrogen and oxygen atoms in total. The van der Waals surface area contributed by atoms with Crippen LogP contribution in [0, 0.1) is 0 Å². The topological polar surface area (TPSA) is 88.3 Å². The first-order valence-electron chi connectivity index (χ1n) is 7.90. The number of likely N-dealkylation sites (N-methyl/N-ethyl adjacent to an activating group) is 1. The number of carbonyl (C=O) groups is 2. The zero-order valence-electron chi connectivity index (χ0n) is 13.7. The van der Waals surface area contributed by atoms with Gasteiger partial charge in [0.05, 0.1) is 6.20 Å². The van der Waals surface area contributed by atoms with Crippen LogP contribution in [0.5, 0.6) is 0 Å². The predicted octanol–water partition coefficient (Wildman–Crippen LogP) is 2.40. The molecule has 2 aromatic rings. The Labute approximate surface area is 143 Å². The Morgan fingerprint density at radius 3 is 2.62 bits per heavy atom. The first kappa shape index (κ1) is 16.6. The molecule has 0 aromatic carbocycles. The average molecular weight is 348 g/mol. The lowest BCUT2D eigenvalue weighted by atomic mass is 9.80. The Bertz CT molecular complexity index is 761. The van der Waals surface area contributed by atoms with E-state index in [4.69, 9.17) is 0 Å². The Morgan fingerprint density at radius 1 is 1.33 bits per heavy atom. The number of aryl methyl sites for hydroxylation is 1. The minimum atomic E-state index is -1.12. The van der Waals surface area contributed by atoms with Crippen LogP contribution in [0.4, 0.5) is 0 Å². The minimum absolute atomic E-state index is 0.285. The van der Waals surface area contributed by atoms with Crippen LogP contribution < -0.4 is 0 Å². The molecule has 128 valence electrons. The third kappa shape index (κ3) is 2.82. The fraction of sp³-hybridized carbons (Fsp3) is 0.500. The standard InChI is InChI=1S/C16H20N4O3S/c1-19-9-11(8-17-19)13-18-12(10-24-13)14(21)20(2)16(15(22)23)6-4-3-5-7-16/h8-10H,3-7H2,1-2H3,(H,22,23). The Morgan fingerprint density at radius 2 is 2.04 bits per heavy atom. The van der Waals surface area contributed by atoms with Gasteiger partial charge in [0.1, 0.15) is 16.2 Å². The van der Waals surface area contributed by atoms with Crippen molar-refractivity contribution in [3.63, 3.8) is 0 Å². The normalized spacial score (nSPS) is 16.8. The van der Waals surface area contributed by atoms with E-state index in [1.165, 1.54) is 16.2 Å². The summed E-state index contributed by atoms with van der Waals surface area (Å²) in [6.45, 7) is 0. The average Bonchev–Trinajstić information content (AvgIpc) is 3.22. The predicted molar refractivity (Wildman–Crippen MR) is 89.9 cm³/mol. The van der Waals surface area contributed by atoms with E-state index < -0.39 is 11.5 Å². The van der Waals surface area contributed by atoms with Crippen LogP contribution in [0.3, 0.4) is 0 Å². The highest BCUT2D eigenvalue weighted by Crippen LogP contribution is 2.34. The summed E-state index contributed by atoms with van der Waals surface area (Å²) in [4.78, 5) is 30.4. The highest BCUT2D eigenvalue weighted by Gasteiger charge is 2.46. The van der Waals surface area contributed by atoms with Gasteiger partial charge >= 0.3 is 5.97 Å². The molecule has 2 heterocycles. The second-order valence-corrected chi connectivity index (χ2v) is 7.06. The van der Waals surface area contributed by atoms with E-state index in [0.717, 1.165) is 24.8 Å². The molecule has 2 aromatic heterocycles. The van der Waals surface area contributed by atoms with E-state index in [-0.39, 0.29) is 11.6 Å². The number of carboxylic acid groups (broad SMARTS) is 1. The number of hydrogen-bond donors (Lipinski definition) is 1. The molecule has 0 saturated heterocycles. The van der Waals surface area contributed by atoms with E-state index >= 15 is 0 Å². The zero-order valence-corrected chi connectivity index (χ0v) is 14.5. The quantitative estimate of drug-likeness (QED) is 0.916. The van der Waals surface area contributed by atoms with Crippen molar-refractivity contribution < 1.29 is 14.7 Å². The van der Waals surface area contributed by atoms with Crippen LogP contribution in [0.2, 0.25) is 0 Å². The number of nitrogens with zero attached hydrogens (tertiary/aromatic N) is 4. The molecule has 0 spiro atoms. The summed E-state index contributed by atoms with van der Waals surface area (Å²) >= 11 is 1.36. The smallest absolute Gasteiger partial charge is 0.329 e. The van der Waals surface area contributed by atoms with Crippen molar-refractivity contribution in [3.8, 4) is 10.6 Å². The summed E-state index contributed by atoms with van der Waals surface area (Å²) in [7, 11) is 3.39. The second kappa shape index (κ2) is 6.35. The van der Waals surface area contributed by atoms with E-state index in [2.05, 4.69) is 10.1 Å². The van der Waals surface area contributed by atoms with Crippen molar-refractivity contribution >= 4 is 23.2 Å². The number of rotatable bonds is 4. The fourth-order valence-electron chi connectivity index (χ4n) is 3.23. The molecule has 1 aliphatic carbocycles. The van der Waals surface area contributed by atoms with Gasteiger partial charge < -0.3 is 10.0 Å². The van der Waals surface area contributed by atoms with Gasteiger partial charge in [-0.3, -0.25) is 9.48 Å². The van der Waals surface area contributed by atoms with Crippen LogP contribution in [0.25, 0.3) is 10.6 Å². The molecule has 24 heavy (non-hydrogen) atoms. The van der Waals surface area contributed by atoms with Crippen molar-refractivity contribution in [2.45, 2.75) is 37.6 Å². The molecular formula is C16H20N4O3S. The van der Waals surface area contributed by atoms with Gasteiger partial charge in [0.2, 0.25) is 0 Å². The monoisotopic (exact) mass is 348 g/mol. The lowest BCUT2D eigenvalue weighted by Crippen LogP contribution is -2.56. The Balaban J connectivity index is 1.85. The molecule has 0 atom stereocenters. The summed E-state index contributed by atoms with van der Waals surface area (Å²) in [6, 6.07) is 0. The molecule has 0 radical (unpaired) electrons. The second-order valence-electron chi connectivity index (χ2n) is 6.20. The molecule has 0 unspecified atom stereocenters. The first-order chi connectivity index (χ1) is 11.4. The molecule has 3 rings (SSSR count). The highest BCUT2D eigenvalue weighted by atomic mass is 32.1. The lowest BCUT2D eigenvalue weighted by molar-refractivity contribution is -0.151. The molecule has 8 heteroatoms. The van der Waals surface area contributed by atoms with Crippen molar-refractivity contribution in [2.75, 3.05) is 7.05 Å². The van der Waals surface area contributed by atoms with Gasteiger partial charge in [-0.25, -0.2) is 9.78 Å². The van der Waals surface area contributed by atoms with Crippen molar-refractivity contribution in [2.24, 2.45) is 7.05 Å². The summed E-state index contributed by atoms with van der Waals surface area (Å²) in [6.07, 6.45) is 7.16. The SMILES string of the molecule is CN(C(=O)c1csc(-c2cnn(C)c2)n1)C1(C(=O)O)CCCCC1. The van der Waals surface area contributed by atoms with Crippen LogP contribution in [-0.2, 0) is 11.8 Å². The van der Waals surface area contributed by atoms with Gasteiger partial charge in [-0.2, -0.15) is 5.10 Å². The molecular weight excluding hydrogens is 328 g/mol. The number of carbonyl (C=O) groups excluding carboxylic acids is 1. The van der Waals surface area contributed by atoms with Gasteiger partial charge in [0.15, 0.2) is 0 Å². The van der Waals surface area contributed by atoms with Crippen LogP contribution in [0.1, 0.15) is 42.6 Å². The molecule has 0 aliphatic heterocycles. The van der Waals surface area contributed by atoms with E-state index in [1.807, 2.05) is 13.2 Å². The molecule has 1 N–H and O–H groups in total. The van der Waals surface area contributed by atoms with Gasteiger partial charge in [-0.15, -0.1) is 11.3 Å². The molecule has 1 amide bonds. The molecule has 1 aliphatic rings. The van der Waals surface area contributed by atoms with Gasteiger partial charge in [0.25, 0.3) is 5.91 Å². The summed E-state index contributed by atoms with van der Waals surface area (Å²) in [5.41, 5.74) is 0.00955. The zero-order chi connectivity index (χ0) is 17.3. The van der Waals surface area contributed by atoms with Gasteiger partial charge in [0, 0.05) is 31.2 Å².